The molecular formula is C21H28N2O3S. The lowest BCUT2D eigenvalue weighted by Crippen LogP contribution is -2.46. The number of amides is 2. The Labute approximate surface area is 165 Å². The summed E-state index contributed by atoms with van der Waals surface area (Å²) in [6, 6.07) is 2.37. The predicted molar refractivity (Wildman–Crippen MR) is 106 cm³/mol. The Morgan fingerprint density at radius 1 is 1.37 bits per heavy atom. The molecule has 1 saturated carbocycles. The van der Waals surface area contributed by atoms with Gasteiger partial charge in [-0.05, 0) is 69.4 Å². The van der Waals surface area contributed by atoms with Crippen LogP contribution in [0.2, 0.25) is 0 Å². The molecule has 0 aromatic carbocycles. The zero-order valence-corrected chi connectivity index (χ0v) is 17.3. The maximum atomic E-state index is 12.6. The van der Waals surface area contributed by atoms with Gasteiger partial charge in [0.1, 0.15) is 5.60 Å². The molecule has 3 rings (SSSR count). The van der Waals surface area contributed by atoms with Crippen molar-refractivity contribution in [2.45, 2.75) is 71.1 Å². The zero-order valence-electron chi connectivity index (χ0n) is 16.5. The van der Waals surface area contributed by atoms with Gasteiger partial charge in [0.25, 0.3) is 5.91 Å². The second-order valence-corrected chi connectivity index (χ2v) is 9.25. The number of rotatable bonds is 2. The standard InChI is InChI=1S/C21H28N2O3S/c1-5-17-16-9-11-27-18(16)8-10-23(17)19(24)7-6-14-12-15(13-14)22-20(25)26-21(2,3)4/h9,11,14-15,17H,5,8,10,12-13H2,1-4H3,(H,22,25). The number of nitrogens with zero attached hydrogens (tertiary/aromatic N) is 1. The van der Waals surface area contributed by atoms with Crippen LogP contribution in [0.3, 0.4) is 0 Å². The van der Waals surface area contributed by atoms with Crippen LogP contribution < -0.4 is 5.32 Å². The zero-order chi connectivity index (χ0) is 19.6. The predicted octanol–water partition coefficient (Wildman–Crippen LogP) is 3.89. The molecule has 1 aromatic rings. The first-order valence-corrected chi connectivity index (χ1v) is 10.5. The Morgan fingerprint density at radius 3 is 2.78 bits per heavy atom. The van der Waals surface area contributed by atoms with Crippen LogP contribution in [0, 0.1) is 17.8 Å². The van der Waals surface area contributed by atoms with Crippen LogP contribution in [0.15, 0.2) is 11.4 Å². The van der Waals surface area contributed by atoms with Crippen molar-refractivity contribution in [2.75, 3.05) is 6.54 Å². The molecule has 2 amide bonds. The molecule has 1 atom stereocenters. The van der Waals surface area contributed by atoms with E-state index in [1.807, 2.05) is 25.7 Å². The van der Waals surface area contributed by atoms with E-state index in [-0.39, 0.29) is 30.0 Å². The van der Waals surface area contributed by atoms with Crippen LogP contribution >= 0.6 is 11.3 Å². The third kappa shape index (κ3) is 4.84. The van der Waals surface area contributed by atoms with Crippen molar-refractivity contribution in [2.24, 2.45) is 5.92 Å². The van der Waals surface area contributed by atoms with Gasteiger partial charge in [-0.15, -0.1) is 11.3 Å². The molecule has 0 bridgehead atoms. The maximum Gasteiger partial charge on any atom is 0.407 e. The molecule has 1 aromatic heterocycles. The topological polar surface area (TPSA) is 58.6 Å². The number of fused-ring (bicyclic) bond motifs is 1. The molecule has 6 heteroatoms. The monoisotopic (exact) mass is 388 g/mol. The largest absolute Gasteiger partial charge is 0.444 e. The van der Waals surface area contributed by atoms with E-state index in [0.29, 0.717) is 0 Å². The molecule has 146 valence electrons. The van der Waals surface area contributed by atoms with Crippen LogP contribution in [-0.2, 0) is 16.0 Å². The normalized spacial score (nSPS) is 24.1. The minimum atomic E-state index is -0.494. The Bertz CT molecular complexity index is 762. The first-order valence-electron chi connectivity index (χ1n) is 9.64. The number of carbonyl (C=O) groups is 2. The summed E-state index contributed by atoms with van der Waals surface area (Å²) in [5.74, 6) is 6.03. The Balaban J connectivity index is 1.49. The molecule has 1 unspecified atom stereocenters. The fourth-order valence-electron chi connectivity index (χ4n) is 3.64. The molecule has 1 aliphatic heterocycles. The molecular weight excluding hydrogens is 360 g/mol. The van der Waals surface area contributed by atoms with E-state index >= 15 is 0 Å². The van der Waals surface area contributed by atoms with Gasteiger partial charge in [0.05, 0.1) is 6.04 Å². The fraction of sp³-hybridized carbons (Fsp3) is 0.619. The second-order valence-electron chi connectivity index (χ2n) is 8.25. The molecule has 5 nitrogen and oxygen atoms in total. The second kappa shape index (κ2) is 7.93. The molecule has 0 radical (unpaired) electrons. The van der Waals surface area contributed by atoms with Crippen molar-refractivity contribution in [1.29, 1.82) is 0 Å². The molecule has 0 saturated heterocycles. The number of nitrogens with one attached hydrogen (secondary N) is 1. The molecule has 2 heterocycles. The van der Waals surface area contributed by atoms with Gasteiger partial charge >= 0.3 is 6.09 Å². The summed E-state index contributed by atoms with van der Waals surface area (Å²) in [5.41, 5.74) is 0.792. The van der Waals surface area contributed by atoms with Crippen molar-refractivity contribution >= 4 is 23.3 Å². The SMILES string of the molecule is CCC1c2ccsc2CCN1C(=O)C#CC1CC(NC(=O)OC(C)(C)C)C1. The fourth-order valence-corrected chi connectivity index (χ4v) is 4.57. The molecule has 1 fully saturated rings. The summed E-state index contributed by atoms with van der Waals surface area (Å²) in [6.45, 7) is 8.39. The van der Waals surface area contributed by atoms with Crippen LogP contribution in [0.5, 0.6) is 0 Å². The van der Waals surface area contributed by atoms with Gasteiger partial charge in [0.2, 0.25) is 0 Å². The average Bonchev–Trinajstić information content (AvgIpc) is 3.02. The third-order valence-corrected chi connectivity index (χ3v) is 5.98. The maximum absolute atomic E-state index is 12.6. The smallest absolute Gasteiger partial charge is 0.407 e. The van der Waals surface area contributed by atoms with Crippen molar-refractivity contribution in [3.8, 4) is 11.8 Å². The quantitative estimate of drug-likeness (QED) is 0.782. The van der Waals surface area contributed by atoms with Gasteiger partial charge < -0.3 is 15.0 Å². The highest BCUT2D eigenvalue weighted by atomic mass is 32.1. The van der Waals surface area contributed by atoms with E-state index in [1.54, 1.807) is 11.3 Å². The Hall–Kier alpha value is -2.00. The van der Waals surface area contributed by atoms with E-state index in [0.717, 1.165) is 32.2 Å². The minimum absolute atomic E-state index is 0.0812. The summed E-state index contributed by atoms with van der Waals surface area (Å²) < 4.78 is 5.26. The summed E-state index contributed by atoms with van der Waals surface area (Å²) in [6.07, 6.45) is 2.97. The summed E-state index contributed by atoms with van der Waals surface area (Å²) >= 11 is 1.78. The lowest BCUT2D eigenvalue weighted by Gasteiger charge is -2.34. The van der Waals surface area contributed by atoms with Gasteiger partial charge in [0.15, 0.2) is 0 Å². The van der Waals surface area contributed by atoms with E-state index < -0.39 is 5.60 Å². The van der Waals surface area contributed by atoms with Crippen molar-refractivity contribution < 1.29 is 14.3 Å². The van der Waals surface area contributed by atoms with Crippen LogP contribution in [-0.4, -0.2) is 35.1 Å². The number of thiophene rings is 1. The molecule has 0 spiro atoms. The van der Waals surface area contributed by atoms with Crippen molar-refractivity contribution in [3.05, 3.63) is 21.9 Å². The van der Waals surface area contributed by atoms with E-state index in [1.165, 1.54) is 10.4 Å². The third-order valence-electron chi connectivity index (χ3n) is 4.98. The van der Waals surface area contributed by atoms with E-state index in [2.05, 4.69) is 35.5 Å². The first kappa shape index (κ1) is 19.8. The highest BCUT2D eigenvalue weighted by Crippen LogP contribution is 2.35. The van der Waals surface area contributed by atoms with Crippen molar-refractivity contribution in [1.82, 2.24) is 10.2 Å². The van der Waals surface area contributed by atoms with Gasteiger partial charge in [0, 0.05) is 23.4 Å². The van der Waals surface area contributed by atoms with Gasteiger partial charge in [-0.3, -0.25) is 4.79 Å². The number of hydrogen-bond acceptors (Lipinski definition) is 4. The summed E-state index contributed by atoms with van der Waals surface area (Å²) in [4.78, 5) is 27.7. The van der Waals surface area contributed by atoms with E-state index in [9.17, 15) is 9.59 Å². The first-order chi connectivity index (χ1) is 12.8. The van der Waals surface area contributed by atoms with E-state index in [4.69, 9.17) is 4.74 Å². The van der Waals surface area contributed by atoms with Crippen molar-refractivity contribution in [3.63, 3.8) is 0 Å². The number of carbonyl (C=O) groups excluding carboxylic acids is 2. The van der Waals surface area contributed by atoms with Crippen LogP contribution in [0.1, 0.15) is 63.4 Å². The average molecular weight is 389 g/mol. The molecule has 27 heavy (non-hydrogen) atoms. The lowest BCUT2D eigenvalue weighted by atomic mass is 9.81. The minimum Gasteiger partial charge on any atom is -0.444 e. The highest BCUT2D eigenvalue weighted by molar-refractivity contribution is 7.10. The highest BCUT2D eigenvalue weighted by Gasteiger charge is 2.32. The Morgan fingerprint density at radius 2 is 2.11 bits per heavy atom. The number of ether oxygens (including phenoxy) is 1. The van der Waals surface area contributed by atoms with Crippen LogP contribution in [0.25, 0.3) is 0 Å². The van der Waals surface area contributed by atoms with Crippen LogP contribution in [0.4, 0.5) is 4.79 Å². The summed E-state index contributed by atoms with van der Waals surface area (Å²) in [5, 5.41) is 4.97. The number of alkyl carbamates (subject to hydrolysis) is 1. The molecule has 2 aliphatic rings. The Kier molecular flexibility index (Phi) is 5.81. The molecule has 1 aliphatic carbocycles. The van der Waals surface area contributed by atoms with Gasteiger partial charge in [-0.2, -0.15) is 0 Å². The number of hydrogen-bond donors (Lipinski definition) is 1. The lowest BCUT2D eigenvalue weighted by molar-refractivity contribution is -0.128. The molecule has 1 N–H and O–H groups in total. The van der Waals surface area contributed by atoms with Gasteiger partial charge in [-0.25, -0.2) is 4.79 Å². The van der Waals surface area contributed by atoms with Gasteiger partial charge in [-0.1, -0.05) is 12.8 Å². The summed E-state index contributed by atoms with van der Waals surface area (Å²) in [7, 11) is 0.